The number of benzene rings is 3. The van der Waals surface area contributed by atoms with Crippen LogP contribution in [0.5, 0.6) is 11.5 Å². The molecular weight excluding hydrogens is 324 g/mol. The van der Waals surface area contributed by atoms with E-state index >= 15 is 0 Å². The predicted molar refractivity (Wildman–Crippen MR) is 106 cm³/mol. The lowest BCUT2D eigenvalue weighted by Crippen LogP contribution is -1.95. The molecule has 0 aliphatic carbocycles. The monoisotopic (exact) mass is 344 g/mol. The van der Waals surface area contributed by atoms with E-state index in [2.05, 4.69) is 9.98 Å². The van der Waals surface area contributed by atoms with Gasteiger partial charge in [0.15, 0.2) is 0 Å². The number of phenols is 2. The summed E-state index contributed by atoms with van der Waals surface area (Å²) in [5, 5.41) is 20.0. The molecule has 4 heteroatoms. The minimum Gasteiger partial charge on any atom is -0.507 e. The second-order valence-corrected chi connectivity index (χ2v) is 5.92. The summed E-state index contributed by atoms with van der Waals surface area (Å²) in [6.07, 6.45) is 0. The molecule has 0 unspecified atom stereocenters. The van der Waals surface area contributed by atoms with Crippen LogP contribution >= 0.6 is 0 Å². The van der Waals surface area contributed by atoms with Crippen LogP contribution in [0.25, 0.3) is 0 Å². The first-order chi connectivity index (χ1) is 12.6. The van der Waals surface area contributed by atoms with Gasteiger partial charge in [-0.2, -0.15) is 0 Å². The second kappa shape index (κ2) is 7.66. The molecule has 3 aromatic rings. The maximum Gasteiger partial charge on any atom is 0.124 e. The molecule has 4 nitrogen and oxygen atoms in total. The fourth-order valence-electron chi connectivity index (χ4n) is 2.69. The van der Waals surface area contributed by atoms with Crippen molar-refractivity contribution in [3.05, 3.63) is 83.9 Å². The number of para-hydroxylation sites is 4. The van der Waals surface area contributed by atoms with Crippen molar-refractivity contribution in [2.45, 2.75) is 13.8 Å². The topological polar surface area (TPSA) is 65.2 Å². The van der Waals surface area contributed by atoms with Crippen molar-refractivity contribution in [3.8, 4) is 11.5 Å². The third-order valence-electron chi connectivity index (χ3n) is 4.05. The molecule has 0 atom stereocenters. The molecule has 0 bridgehead atoms. The Labute approximate surface area is 152 Å². The van der Waals surface area contributed by atoms with Crippen molar-refractivity contribution in [2.75, 3.05) is 0 Å². The number of hydrogen-bond donors (Lipinski definition) is 2. The first-order valence-electron chi connectivity index (χ1n) is 8.32. The lowest BCUT2D eigenvalue weighted by atomic mass is 10.1. The van der Waals surface area contributed by atoms with Crippen molar-refractivity contribution in [1.29, 1.82) is 0 Å². The molecule has 0 aliphatic heterocycles. The van der Waals surface area contributed by atoms with Gasteiger partial charge in [0.2, 0.25) is 0 Å². The van der Waals surface area contributed by atoms with Crippen LogP contribution in [0.4, 0.5) is 11.4 Å². The molecule has 3 rings (SSSR count). The van der Waals surface area contributed by atoms with E-state index in [4.69, 9.17) is 0 Å². The van der Waals surface area contributed by atoms with Gasteiger partial charge in [0.05, 0.1) is 11.4 Å². The second-order valence-electron chi connectivity index (χ2n) is 5.92. The van der Waals surface area contributed by atoms with E-state index in [0.717, 1.165) is 0 Å². The Morgan fingerprint density at radius 1 is 0.577 bits per heavy atom. The van der Waals surface area contributed by atoms with E-state index in [1.54, 1.807) is 24.3 Å². The Bertz CT molecular complexity index is 910. The van der Waals surface area contributed by atoms with Crippen molar-refractivity contribution in [2.24, 2.45) is 9.98 Å². The largest absolute Gasteiger partial charge is 0.507 e. The Morgan fingerprint density at radius 2 is 0.923 bits per heavy atom. The molecule has 0 radical (unpaired) electrons. The molecule has 0 spiro atoms. The summed E-state index contributed by atoms with van der Waals surface area (Å²) >= 11 is 0. The molecule has 0 saturated heterocycles. The highest BCUT2D eigenvalue weighted by Crippen LogP contribution is 2.30. The summed E-state index contributed by atoms with van der Waals surface area (Å²) in [6, 6.07) is 21.8. The average Bonchev–Trinajstić information content (AvgIpc) is 2.64. The molecule has 26 heavy (non-hydrogen) atoms. The molecule has 130 valence electrons. The first-order valence-corrected chi connectivity index (χ1v) is 8.32. The number of hydrogen-bond acceptors (Lipinski definition) is 4. The average molecular weight is 344 g/mol. The van der Waals surface area contributed by atoms with Crippen molar-refractivity contribution >= 4 is 22.8 Å². The molecule has 0 amide bonds. The molecule has 0 heterocycles. The first kappa shape index (κ1) is 17.4. The summed E-state index contributed by atoms with van der Waals surface area (Å²) in [4.78, 5) is 9.29. The standard InChI is InChI=1S/C22H20N2O2/c1-15(17-9-3-7-13-21(17)25)23-19-11-5-6-12-20(19)24-16(2)18-10-4-8-14-22(18)26/h3-14,25-26H,1-2H3. The molecule has 0 fully saturated rings. The zero-order valence-electron chi connectivity index (χ0n) is 14.7. The van der Waals surface area contributed by atoms with Gasteiger partial charge in [-0.25, -0.2) is 0 Å². The van der Waals surface area contributed by atoms with E-state index in [0.29, 0.717) is 33.9 Å². The number of phenolic OH excluding ortho intramolecular Hbond substituents is 2. The highest BCUT2D eigenvalue weighted by atomic mass is 16.3. The van der Waals surface area contributed by atoms with E-state index in [1.807, 2.05) is 62.4 Å². The van der Waals surface area contributed by atoms with Crippen molar-refractivity contribution in [3.63, 3.8) is 0 Å². The highest BCUT2D eigenvalue weighted by molar-refractivity contribution is 6.04. The van der Waals surface area contributed by atoms with Gasteiger partial charge < -0.3 is 10.2 Å². The molecular formula is C22H20N2O2. The van der Waals surface area contributed by atoms with Crippen molar-refractivity contribution < 1.29 is 10.2 Å². The summed E-state index contributed by atoms with van der Waals surface area (Å²) < 4.78 is 0. The summed E-state index contributed by atoms with van der Waals surface area (Å²) in [7, 11) is 0. The lowest BCUT2D eigenvalue weighted by molar-refractivity contribution is 0.473. The number of aliphatic imine (C=N–C) groups is 2. The van der Waals surface area contributed by atoms with Gasteiger partial charge in [-0.05, 0) is 50.2 Å². The zero-order chi connectivity index (χ0) is 18.5. The van der Waals surface area contributed by atoms with Gasteiger partial charge in [0, 0.05) is 22.6 Å². The predicted octanol–water partition coefficient (Wildman–Crippen LogP) is 5.38. The zero-order valence-corrected chi connectivity index (χ0v) is 14.7. The Hall–Kier alpha value is -3.40. The number of nitrogens with zero attached hydrogens (tertiary/aromatic N) is 2. The lowest BCUT2D eigenvalue weighted by Gasteiger charge is -2.07. The summed E-state index contributed by atoms with van der Waals surface area (Å²) in [5.41, 5.74) is 4.16. The smallest absolute Gasteiger partial charge is 0.124 e. The fraction of sp³-hybridized carbons (Fsp3) is 0.0909. The Balaban J connectivity index is 2.02. The van der Waals surface area contributed by atoms with E-state index in [9.17, 15) is 10.2 Å². The fourth-order valence-corrected chi connectivity index (χ4v) is 2.69. The maximum absolute atomic E-state index is 10.0. The SMILES string of the molecule is CC(=Nc1ccccc1N=C(C)c1ccccc1O)c1ccccc1O. The van der Waals surface area contributed by atoms with Crippen LogP contribution in [0.3, 0.4) is 0 Å². The maximum atomic E-state index is 10.0. The summed E-state index contributed by atoms with van der Waals surface area (Å²) in [6.45, 7) is 3.71. The third-order valence-corrected chi connectivity index (χ3v) is 4.05. The van der Waals surface area contributed by atoms with Gasteiger partial charge in [-0.1, -0.05) is 36.4 Å². The molecule has 2 N–H and O–H groups in total. The summed E-state index contributed by atoms with van der Waals surface area (Å²) in [5.74, 6) is 0.389. The van der Waals surface area contributed by atoms with Crippen molar-refractivity contribution in [1.82, 2.24) is 0 Å². The Kier molecular flexibility index (Phi) is 5.13. The Morgan fingerprint density at radius 3 is 1.31 bits per heavy atom. The van der Waals surface area contributed by atoms with Gasteiger partial charge in [-0.15, -0.1) is 0 Å². The van der Waals surface area contributed by atoms with E-state index < -0.39 is 0 Å². The van der Waals surface area contributed by atoms with E-state index in [-0.39, 0.29) is 11.5 Å². The minimum atomic E-state index is 0.195. The van der Waals surface area contributed by atoms with E-state index in [1.165, 1.54) is 0 Å². The van der Waals surface area contributed by atoms with Gasteiger partial charge >= 0.3 is 0 Å². The van der Waals surface area contributed by atoms with Crippen LogP contribution in [0.2, 0.25) is 0 Å². The minimum absolute atomic E-state index is 0.195. The van der Waals surface area contributed by atoms with Crippen LogP contribution in [0.15, 0.2) is 82.8 Å². The van der Waals surface area contributed by atoms with Gasteiger partial charge in [-0.3, -0.25) is 9.98 Å². The number of aromatic hydroxyl groups is 2. The van der Waals surface area contributed by atoms with Gasteiger partial charge in [0.1, 0.15) is 11.5 Å². The molecule has 0 saturated carbocycles. The third kappa shape index (κ3) is 3.81. The normalized spacial score (nSPS) is 12.2. The van der Waals surface area contributed by atoms with Crippen LogP contribution in [0.1, 0.15) is 25.0 Å². The van der Waals surface area contributed by atoms with Crippen LogP contribution in [-0.4, -0.2) is 21.6 Å². The van der Waals surface area contributed by atoms with Crippen LogP contribution in [0, 0.1) is 0 Å². The quantitative estimate of drug-likeness (QED) is 0.624. The molecule has 0 aliphatic rings. The van der Waals surface area contributed by atoms with Crippen LogP contribution in [-0.2, 0) is 0 Å². The van der Waals surface area contributed by atoms with Gasteiger partial charge in [0.25, 0.3) is 0 Å². The molecule has 0 aromatic heterocycles. The molecule has 3 aromatic carbocycles. The number of rotatable bonds is 4. The highest BCUT2D eigenvalue weighted by Gasteiger charge is 2.08. The van der Waals surface area contributed by atoms with Crippen LogP contribution < -0.4 is 0 Å².